The summed E-state index contributed by atoms with van der Waals surface area (Å²) in [5.41, 5.74) is 1.40. The molecule has 3 nitrogen and oxygen atoms in total. The van der Waals surface area contributed by atoms with Crippen molar-refractivity contribution in [3.05, 3.63) is 58.9 Å². The van der Waals surface area contributed by atoms with Crippen molar-refractivity contribution in [1.82, 2.24) is 0 Å². The van der Waals surface area contributed by atoms with Crippen molar-refractivity contribution in [2.24, 2.45) is 0 Å². The fourth-order valence-electron chi connectivity index (χ4n) is 2.14. The van der Waals surface area contributed by atoms with E-state index in [1.807, 2.05) is 12.2 Å². The minimum Gasteiger partial charge on any atom is -0.485 e. The number of carbonyl (C=O) groups is 2. The minimum atomic E-state index is -0.182. The summed E-state index contributed by atoms with van der Waals surface area (Å²) in [6.45, 7) is 0.347. The molecule has 1 aliphatic heterocycles. The van der Waals surface area contributed by atoms with Crippen molar-refractivity contribution in [2.45, 2.75) is 6.42 Å². The Morgan fingerprint density at radius 1 is 0.941 bits per heavy atom. The Balaban J connectivity index is 2.20. The monoisotopic (exact) mass is 226 g/mol. The van der Waals surface area contributed by atoms with E-state index in [9.17, 15) is 9.59 Å². The van der Waals surface area contributed by atoms with Gasteiger partial charge in [-0.1, -0.05) is 36.4 Å². The van der Waals surface area contributed by atoms with E-state index in [0.29, 0.717) is 29.7 Å². The number of hydrogen-bond acceptors (Lipinski definition) is 3. The van der Waals surface area contributed by atoms with Gasteiger partial charge in [0.1, 0.15) is 6.61 Å². The highest BCUT2D eigenvalue weighted by Crippen LogP contribution is 2.29. The zero-order valence-corrected chi connectivity index (χ0v) is 9.10. The zero-order chi connectivity index (χ0) is 11.8. The van der Waals surface area contributed by atoms with Crippen LogP contribution in [-0.2, 0) is 4.74 Å². The van der Waals surface area contributed by atoms with Crippen molar-refractivity contribution >= 4 is 11.6 Å². The molecule has 1 heterocycles. The van der Waals surface area contributed by atoms with Crippen LogP contribution in [0.1, 0.15) is 27.1 Å². The first kappa shape index (κ1) is 10.0. The average molecular weight is 226 g/mol. The van der Waals surface area contributed by atoms with E-state index >= 15 is 0 Å². The molecular formula is C14H10O3. The molecule has 0 spiro atoms. The van der Waals surface area contributed by atoms with Crippen LogP contribution in [0.4, 0.5) is 0 Å². The van der Waals surface area contributed by atoms with Crippen molar-refractivity contribution in [3.8, 4) is 0 Å². The summed E-state index contributed by atoms with van der Waals surface area (Å²) in [6.07, 6.45) is 4.15. The van der Waals surface area contributed by atoms with E-state index in [-0.39, 0.29) is 17.3 Å². The first-order chi connectivity index (χ1) is 8.29. The second-order valence-electron chi connectivity index (χ2n) is 4.00. The van der Waals surface area contributed by atoms with Crippen molar-refractivity contribution in [1.29, 1.82) is 0 Å². The molecule has 0 unspecified atom stereocenters. The Kier molecular flexibility index (Phi) is 2.18. The molecule has 1 aromatic carbocycles. The van der Waals surface area contributed by atoms with E-state index in [1.54, 1.807) is 24.3 Å². The van der Waals surface area contributed by atoms with Crippen LogP contribution >= 0.6 is 0 Å². The minimum absolute atomic E-state index is 0.0956. The summed E-state index contributed by atoms with van der Waals surface area (Å²) < 4.78 is 5.37. The molecule has 0 saturated carbocycles. The van der Waals surface area contributed by atoms with Gasteiger partial charge in [-0.25, -0.2) is 0 Å². The number of hydrogen-bond donors (Lipinski definition) is 0. The summed E-state index contributed by atoms with van der Waals surface area (Å²) in [6, 6.07) is 6.88. The Morgan fingerprint density at radius 2 is 1.65 bits per heavy atom. The smallest absolute Gasteiger partial charge is 0.228 e. The molecule has 17 heavy (non-hydrogen) atoms. The molecule has 0 N–H and O–H groups in total. The lowest BCUT2D eigenvalue weighted by Gasteiger charge is -2.18. The number of fused-ring (bicyclic) bond motifs is 1. The molecule has 3 rings (SSSR count). The van der Waals surface area contributed by atoms with Gasteiger partial charge in [-0.3, -0.25) is 9.59 Å². The second-order valence-corrected chi connectivity index (χ2v) is 4.00. The maximum Gasteiger partial charge on any atom is 0.228 e. The lowest BCUT2D eigenvalue weighted by molar-refractivity contribution is 0.0890. The van der Waals surface area contributed by atoms with Crippen LogP contribution in [-0.4, -0.2) is 18.2 Å². The predicted molar refractivity (Wildman–Crippen MR) is 61.8 cm³/mol. The van der Waals surface area contributed by atoms with Gasteiger partial charge < -0.3 is 4.74 Å². The maximum absolute atomic E-state index is 12.2. The largest absolute Gasteiger partial charge is 0.485 e. The third-order valence-corrected chi connectivity index (χ3v) is 2.98. The fraction of sp³-hybridized carbons (Fsp3) is 0.143. The zero-order valence-electron chi connectivity index (χ0n) is 9.10. The van der Waals surface area contributed by atoms with Crippen LogP contribution in [0.2, 0.25) is 0 Å². The molecule has 0 amide bonds. The lowest BCUT2D eigenvalue weighted by Crippen LogP contribution is -2.22. The van der Waals surface area contributed by atoms with Crippen LogP contribution < -0.4 is 0 Å². The van der Waals surface area contributed by atoms with E-state index in [4.69, 9.17) is 4.74 Å². The topological polar surface area (TPSA) is 43.4 Å². The van der Waals surface area contributed by atoms with Crippen LogP contribution in [0, 0.1) is 0 Å². The highest BCUT2D eigenvalue weighted by molar-refractivity contribution is 6.26. The molecule has 0 radical (unpaired) electrons. The lowest BCUT2D eigenvalue weighted by atomic mass is 9.87. The normalized spacial score (nSPS) is 18.4. The number of allylic oxidation sites excluding steroid dienone is 3. The van der Waals surface area contributed by atoms with Gasteiger partial charge >= 0.3 is 0 Å². The van der Waals surface area contributed by atoms with Crippen molar-refractivity contribution in [2.75, 3.05) is 6.61 Å². The van der Waals surface area contributed by atoms with Crippen LogP contribution in [0.3, 0.4) is 0 Å². The van der Waals surface area contributed by atoms with Crippen molar-refractivity contribution in [3.63, 3.8) is 0 Å². The van der Waals surface area contributed by atoms with E-state index < -0.39 is 0 Å². The average Bonchev–Trinajstić information content (AvgIpc) is 2.62. The molecule has 2 aliphatic rings. The standard InChI is InChI=1S/C14H10O3/c15-12-9-5-1-2-6-10(9)13(16)14-11(12)7-3-4-8-17-14/h1-6H,7-8H2. The van der Waals surface area contributed by atoms with Gasteiger partial charge in [-0.15, -0.1) is 0 Å². The summed E-state index contributed by atoms with van der Waals surface area (Å²) in [5.74, 6) is -0.0562. The molecule has 0 atom stereocenters. The summed E-state index contributed by atoms with van der Waals surface area (Å²) in [7, 11) is 0. The summed E-state index contributed by atoms with van der Waals surface area (Å²) in [5, 5.41) is 0. The number of carbonyl (C=O) groups excluding carboxylic acids is 2. The van der Waals surface area contributed by atoms with Gasteiger partial charge in [-0.2, -0.15) is 0 Å². The van der Waals surface area contributed by atoms with Crippen LogP contribution in [0.5, 0.6) is 0 Å². The Bertz CT molecular complexity index is 579. The van der Waals surface area contributed by atoms with Crippen molar-refractivity contribution < 1.29 is 14.3 Å². The van der Waals surface area contributed by atoms with Crippen LogP contribution in [0.25, 0.3) is 0 Å². The number of ketones is 2. The van der Waals surface area contributed by atoms with Gasteiger partial charge in [0.15, 0.2) is 11.5 Å². The van der Waals surface area contributed by atoms with Gasteiger partial charge in [-0.05, 0) is 6.42 Å². The highest BCUT2D eigenvalue weighted by Gasteiger charge is 2.32. The fourth-order valence-corrected chi connectivity index (χ4v) is 2.14. The highest BCUT2D eigenvalue weighted by atomic mass is 16.5. The van der Waals surface area contributed by atoms with Gasteiger partial charge in [0.05, 0.1) is 0 Å². The number of rotatable bonds is 0. The Morgan fingerprint density at radius 3 is 2.41 bits per heavy atom. The van der Waals surface area contributed by atoms with E-state index in [1.165, 1.54) is 0 Å². The molecule has 0 aromatic heterocycles. The number of Topliss-reactive ketones (excluding diaryl/α,β-unsaturated/α-hetero) is 2. The van der Waals surface area contributed by atoms with Gasteiger partial charge in [0, 0.05) is 16.7 Å². The van der Waals surface area contributed by atoms with E-state index in [2.05, 4.69) is 0 Å². The number of ether oxygens (including phenoxy) is 1. The Labute approximate surface area is 98.4 Å². The second kappa shape index (κ2) is 3.70. The summed E-state index contributed by atoms with van der Waals surface area (Å²) >= 11 is 0. The predicted octanol–water partition coefficient (Wildman–Crippen LogP) is 2.30. The third kappa shape index (κ3) is 1.43. The molecule has 3 heteroatoms. The first-order valence-electron chi connectivity index (χ1n) is 5.48. The molecule has 0 bridgehead atoms. The number of benzene rings is 1. The molecule has 0 saturated heterocycles. The molecule has 1 aromatic rings. The quantitative estimate of drug-likeness (QED) is 0.637. The first-order valence-corrected chi connectivity index (χ1v) is 5.48. The molecule has 1 aliphatic carbocycles. The van der Waals surface area contributed by atoms with Crippen LogP contribution in [0.15, 0.2) is 47.7 Å². The maximum atomic E-state index is 12.2. The molecule has 0 fully saturated rings. The van der Waals surface area contributed by atoms with E-state index in [0.717, 1.165) is 0 Å². The molecule has 84 valence electrons. The SMILES string of the molecule is O=C1C2=C(OCC=CC2)C(=O)c2ccccc21. The summed E-state index contributed by atoms with van der Waals surface area (Å²) in [4.78, 5) is 24.4. The van der Waals surface area contributed by atoms with Gasteiger partial charge in [0.2, 0.25) is 5.78 Å². The third-order valence-electron chi connectivity index (χ3n) is 2.98. The Hall–Kier alpha value is -2.16. The molecular weight excluding hydrogens is 216 g/mol. The van der Waals surface area contributed by atoms with Gasteiger partial charge in [0.25, 0.3) is 0 Å².